The zero-order valence-electron chi connectivity index (χ0n) is 12.0. The molecule has 0 spiro atoms. The highest BCUT2D eigenvalue weighted by molar-refractivity contribution is 7.71. The number of hydrogen-bond acceptors (Lipinski definition) is 3. The van der Waals surface area contributed by atoms with Gasteiger partial charge in [-0.15, -0.1) is 0 Å². The molecule has 0 saturated carbocycles. The van der Waals surface area contributed by atoms with Crippen LogP contribution in [0.25, 0.3) is 5.69 Å². The molecule has 0 aliphatic rings. The molecule has 3 rings (SSSR count). The Morgan fingerprint density at radius 2 is 1.87 bits per heavy atom. The fourth-order valence-corrected chi connectivity index (χ4v) is 2.65. The highest BCUT2D eigenvalue weighted by atomic mass is 35.5. The van der Waals surface area contributed by atoms with Gasteiger partial charge >= 0.3 is 0 Å². The summed E-state index contributed by atoms with van der Waals surface area (Å²) < 4.78 is 2.13. The van der Waals surface area contributed by atoms with Crippen molar-refractivity contribution in [2.45, 2.75) is 6.54 Å². The first-order valence-electron chi connectivity index (χ1n) is 6.91. The molecule has 0 unspecified atom stereocenters. The molecule has 0 atom stereocenters. The van der Waals surface area contributed by atoms with Crippen molar-refractivity contribution in [1.82, 2.24) is 20.1 Å². The van der Waals surface area contributed by atoms with Crippen molar-refractivity contribution in [2.24, 2.45) is 0 Å². The molecule has 2 aromatic carbocycles. The van der Waals surface area contributed by atoms with E-state index in [1.807, 2.05) is 36.4 Å². The Labute approximate surface area is 142 Å². The van der Waals surface area contributed by atoms with Crippen LogP contribution in [0.4, 0.5) is 0 Å². The lowest BCUT2D eigenvalue weighted by Crippen LogP contribution is -2.24. The maximum absolute atomic E-state index is 12.1. The van der Waals surface area contributed by atoms with Gasteiger partial charge in [-0.05, 0) is 36.5 Å². The number of nitrogens with one attached hydrogen (secondary N) is 2. The van der Waals surface area contributed by atoms with E-state index in [2.05, 4.69) is 15.5 Å². The Hall–Kier alpha value is -2.44. The molecule has 0 bridgehead atoms. The standard InChI is InChI=1S/C16H13ClN4OS/c17-12-8-4-5-9-13(12)21-14(19-20-16(21)23)10-18-15(22)11-6-2-1-3-7-11/h1-9H,10H2,(H,18,22)(H,20,23). The number of amides is 1. The van der Waals surface area contributed by atoms with E-state index >= 15 is 0 Å². The average Bonchev–Trinajstić information content (AvgIpc) is 2.94. The number of nitrogens with zero attached hydrogens (tertiary/aromatic N) is 2. The molecule has 0 aliphatic carbocycles. The molecule has 0 fully saturated rings. The lowest BCUT2D eigenvalue weighted by molar-refractivity contribution is 0.0949. The topological polar surface area (TPSA) is 62.7 Å². The number of para-hydroxylation sites is 1. The molecular weight excluding hydrogens is 332 g/mol. The molecule has 116 valence electrons. The molecule has 5 nitrogen and oxygen atoms in total. The van der Waals surface area contributed by atoms with Gasteiger partial charge in [-0.25, -0.2) is 0 Å². The molecular formula is C16H13ClN4OS. The summed E-state index contributed by atoms with van der Waals surface area (Å²) in [6, 6.07) is 16.3. The first-order chi connectivity index (χ1) is 11.2. The molecule has 7 heteroatoms. The summed E-state index contributed by atoms with van der Waals surface area (Å²) in [6.07, 6.45) is 0. The Morgan fingerprint density at radius 3 is 2.61 bits per heavy atom. The summed E-state index contributed by atoms with van der Waals surface area (Å²) in [5, 5.41) is 10.3. The third-order valence-electron chi connectivity index (χ3n) is 3.28. The van der Waals surface area contributed by atoms with Gasteiger partial charge in [-0.1, -0.05) is 41.9 Å². The number of hydrogen-bond donors (Lipinski definition) is 2. The average molecular weight is 345 g/mol. The molecule has 1 heterocycles. The van der Waals surface area contributed by atoms with Crippen molar-refractivity contribution in [3.8, 4) is 5.69 Å². The Kier molecular flexibility index (Phi) is 4.55. The predicted molar refractivity (Wildman–Crippen MR) is 91.4 cm³/mol. The van der Waals surface area contributed by atoms with E-state index in [-0.39, 0.29) is 12.5 Å². The molecule has 0 aliphatic heterocycles. The number of carbonyl (C=O) groups is 1. The van der Waals surface area contributed by atoms with Gasteiger partial charge in [0.25, 0.3) is 5.91 Å². The van der Waals surface area contributed by atoms with E-state index in [9.17, 15) is 4.79 Å². The monoisotopic (exact) mass is 344 g/mol. The number of aromatic nitrogens is 3. The minimum Gasteiger partial charge on any atom is -0.345 e. The molecule has 0 saturated heterocycles. The van der Waals surface area contributed by atoms with Crippen LogP contribution in [0.2, 0.25) is 5.02 Å². The van der Waals surface area contributed by atoms with E-state index in [4.69, 9.17) is 23.8 Å². The fourth-order valence-electron chi connectivity index (χ4n) is 2.18. The van der Waals surface area contributed by atoms with Gasteiger partial charge in [0.2, 0.25) is 0 Å². The number of H-pyrrole nitrogens is 1. The first kappa shape index (κ1) is 15.5. The van der Waals surface area contributed by atoms with E-state index in [0.29, 0.717) is 21.2 Å². The Morgan fingerprint density at radius 1 is 1.17 bits per heavy atom. The maximum atomic E-state index is 12.1. The minimum atomic E-state index is -0.176. The predicted octanol–water partition coefficient (Wildman–Crippen LogP) is 3.51. The van der Waals surface area contributed by atoms with Crippen molar-refractivity contribution in [2.75, 3.05) is 0 Å². The van der Waals surface area contributed by atoms with Crippen LogP contribution in [0.5, 0.6) is 0 Å². The Balaban J connectivity index is 1.84. The minimum absolute atomic E-state index is 0.176. The smallest absolute Gasteiger partial charge is 0.251 e. The third-order valence-corrected chi connectivity index (χ3v) is 3.87. The zero-order chi connectivity index (χ0) is 16.2. The van der Waals surface area contributed by atoms with Crippen molar-refractivity contribution in [3.05, 3.63) is 75.8 Å². The van der Waals surface area contributed by atoms with E-state index < -0.39 is 0 Å². The van der Waals surface area contributed by atoms with Crippen LogP contribution in [0.3, 0.4) is 0 Å². The van der Waals surface area contributed by atoms with Gasteiger partial charge in [-0.2, -0.15) is 5.10 Å². The molecule has 1 amide bonds. The van der Waals surface area contributed by atoms with Crippen molar-refractivity contribution in [3.63, 3.8) is 0 Å². The quantitative estimate of drug-likeness (QED) is 0.712. The van der Waals surface area contributed by atoms with Crippen LogP contribution in [0, 0.1) is 4.77 Å². The summed E-state index contributed by atoms with van der Waals surface area (Å²) >= 11 is 11.5. The highest BCUT2D eigenvalue weighted by Gasteiger charge is 2.12. The van der Waals surface area contributed by atoms with Crippen LogP contribution in [-0.2, 0) is 6.54 Å². The summed E-state index contributed by atoms with van der Waals surface area (Å²) in [4.78, 5) is 12.1. The second-order valence-corrected chi connectivity index (χ2v) is 5.57. The summed E-state index contributed by atoms with van der Waals surface area (Å²) in [5.74, 6) is 0.401. The van der Waals surface area contributed by atoms with E-state index in [1.165, 1.54) is 0 Å². The zero-order valence-corrected chi connectivity index (χ0v) is 13.6. The largest absolute Gasteiger partial charge is 0.345 e. The number of aromatic amines is 1. The second-order valence-electron chi connectivity index (χ2n) is 4.78. The number of carbonyl (C=O) groups excluding carboxylic acids is 1. The molecule has 1 aromatic heterocycles. The molecule has 3 aromatic rings. The maximum Gasteiger partial charge on any atom is 0.251 e. The molecule has 2 N–H and O–H groups in total. The van der Waals surface area contributed by atoms with Crippen LogP contribution in [0.15, 0.2) is 54.6 Å². The Bertz CT molecular complexity index is 888. The third kappa shape index (κ3) is 3.33. The van der Waals surface area contributed by atoms with Gasteiger partial charge in [0.1, 0.15) is 0 Å². The van der Waals surface area contributed by atoms with Crippen LogP contribution < -0.4 is 5.32 Å². The summed E-state index contributed by atoms with van der Waals surface area (Å²) in [7, 11) is 0. The van der Waals surface area contributed by atoms with Crippen molar-refractivity contribution < 1.29 is 4.79 Å². The van der Waals surface area contributed by atoms with Crippen molar-refractivity contribution >= 4 is 29.7 Å². The van der Waals surface area contributed by atoms with Gasteiger partial charge in [0.05, 0.1) is 17.3 Å². The normalized spacial score (nSPS) is 10.5. The van der Waals surface area contributed by atoms with Gasteiger partial charge in [-0.3, -0.25) is 14.5 Å². The first-order valence-corrected chi connectivity index (χ1v) is 7.70. The second kappa shape index (κ2) is 6.76. The molecule has 0 radical (unpaired) electrons. The number of rotatable bonds is 4. The summed E-state index contributed by atoms with van der Waals surface area (Å²) in [6.45, 7) is 0.228. The number of benzene rings is 2. The van der Waals surface area contributed by atoms with E-state index in [1.54, 1.807) is 22.8 Å². The van der Waals surface area contributed by atoms with Gasteiger partial charge < -0.3 is 5.32 Å². The SMILES string of the molecule is O=C(NCc1n[nH]c(=S)n1-c1ccccc1Cl)c1ccccc1. The fraction of sp³-hybridized carbons (Fsp3) is 0.0625. The van der Waals surface area contributed by atoms with E-state index in [0.717, 1.165) is 5.69 Å². The van der Waals surface area contributed by atoms with Crippen LogP contribution in [-0.4, -0.2) is 20.7 Å². The lowest BCUT2D eigenvalue weighted by atomic mass is 10.2. The summed E-state index contributed by atoms with van der Waals surface area (Å²) in [5.41, 5.74) is 1.31. The number of halogens is 1. The van der Waals surface area contributed by atoms with Gasteiger partial charge in [0.15, 0.2) is 10.6 Å². The lowest BCUT2D eigenvalue weighted by Gasteiger charge is -2.09. The van der Waals surface area contributed by atoms with Crippen molar-refractivity contribution in [1.29, 1.82) is 0 Å². The van der Waals surface area contributed by atoms with Gasteiger partial charge in [0, 0.05) is 5.56 Å². The van der Waals surface area contributed by atoms with Crippen LogP contribution in [0.1, 0.15) is 16.2 Å². The van der Waals surface area contributed by atoms with Crippen LogP contribution >= 0.6 is 23.8 Å². The molecule has 23 heavy (non-hydrogen) atoms. The highest BCUT2D eigenvalue weighted by Crippen LogP contribution is 2.21.